The summed E-state index contributed by atoms with van der Waals surface area (Å²) in [5.41, 5.74) is 2.91. The first-order valence-corrected chi connectivity index (χ1v) is 6.18. The first-order valence-electron chi connectivity index (χ1n) is 6.18. The number of aromatic nitrogens is 2. The van der Waals surface area contributed by atoms with Gasteiger partial charge in [-0.3, -0.25) is 9.59 Å². The maximum Gasteiger partial charge on any atom is 0.251 e. The van der Waals surface area contributed by atoms with Crippen LogP contribution in [0.1, 0.15) is 21.6 Å². The maximum absolute atomic E-state index is 12.0. The van der Waals surface area contributed by atoms with Crippen molar-refractivity contribution in [2.45, 2.75) is 13.0 Å². The van der Waals surface area contributed by atoms with Crippen molar-refractivity contribution >= 4 is 17.5 Å². The molecule has 0 fully saturated rings. The Labute approximate surface area is 115 Å². The number of nitrogens with zero attached hydrogens (tertiary/aromatic N) is 2. The van der Waals surface area contributed by atoms with Crippen LogP contribution >= 0.6 is 0 Å². The van der Waals surface area contributed by atoms with E-state index >= 15 is 0 Å². The number of hydrogen-bond acceptors (Lipinski definition) is 4. The number of fused-ring (bicyclic) bond motifs is 1. The standard InChI is InChI=1S/C14H12N4O2/c19-13-6-10-5-9(1-2-12(10)18-13)14(20)16-7-11-3-4-15-8-17-11/h1-5,8H,6-7H2,(H,16,20)(H,18,19). The predicted octanol–water partition coefficient (Wildman–Crippen LogP) is 0.901. The molecule has 0 bridgehead atoms. The van der Waals surface area contributed by atoms with Crippen molar-refractivity contribution < 1.29 is 9.59 Å². The second-order valence-electron chi connectivity index (χ2n) is 4.48. The highest BCUT2D eigenvalue weighted by molar-refractivity contribution is 6.01. The van der Waals surface area contributed by atoms with Crippen LogP contribution in [0, 0.1) is 0 Å². The zero-order valence-corrected chi connectivity index (χ0v) is 10.6. The molecule has 1 aliphatic rings. The van der Waals surface area contributed by atoms with Gasteiger partial charge in [-0.2, -0.15) is 0 Å². The van der Waals surface area contributed by atoms with Crippen molar-refractivity contribution in [3.8, 4) is 0 Å². The van der Waals surface area contributed by atoms with E-state index in [0.29, 0.717) is 18.5 Å². The highest BCUT2D eigenvalue weighted by Crippen LogP contribution is 2.23. The Kier molecular flexibility index (Phi) is 3.12. The number of carbonyl (C=O) groups is 2. The number of nitrogens with one attached hydrogen (secondary N) is 2. The number of carbonyl (C=O) groups excluding carboxylic acids is 2. The third kappa shape index (κ3) is 2.49. The van der Waals surface area contributed by atoms with Gasteiger partial charge in [0.05, 0.1) is 18.7 Å². The molecule has 100 valence electrons. The molecule has 1 aliphatic heterocycles. The second-order valence-corrected chi connectivity index (χ2v) is 4.48. The zero-order valence-electron chi connectivity index (χ0n) is 10.6. The molecule has 1 aromatic carbocycles. The lowest BCUT2D eigenvalue weighted by molar-refractivity contribution is -0.115. The van der Waals surface area contributed by atoms with Gasteiger partial charge in [0.25, 0.3) is 5.91 Å². The van der Waals surface area contributed by atoms with Crippen molar-refractivity contribution in [1.82, 2.24) is 15.3 Å². The van der Waals surface area contributed by atoms with Crippen LogP contribution in [0.15, 0.2) is 36.8 Å². The van der Waals surface area contributed by atoms with Crippen molar-refractivity contribution in [2.75, 3.05) is 5.32 Å². The predicted molar refractivity (Wildman–Crippen MR) is 72.0 cm³/mol. The Morgan fingerprint density at radius 2 is 2.25 bits per heavy atom. The van der Waals surface area contributed by atoms with Gasteiger partial charge in [-0.25, -0.2) is 9.97 Å². The monoisotopic (exact) mass is 268 g/mol. The van der Waals surface area contributed by atoms with Gasteiger partial charge < -0.3 is 10.6 Å². The van der Waals surface area contributed by atoms with E-state index in [-0.39, 0.29) is 11.8 Å². The van der Waals surface area contributed by atoms with E-state index in [2.05, 4.69) is 20.6 Å². The Bertz CT molecular complexity index is 670. The molecule has 0 saturated heterocycles. The SMILES string of the molecule is O=C1Cc2cc(C(=O)NCc3ccncn3)ccc2N1. The molecule has 6 nitrogen and oxygen atoms in total. The number of amides is 2. The van der Waals surface area contributed by atoms with Crippen molar-refractivity contribution in [3.63, 3.8) is 0 Å². The molecule has 0 spiro atoms. The summed E-state index contributed by atoms with van der Waals surface area (Å²) in [6, 6.07) is 6.92. The van der Waals surface area contributed by atoms with Crippen LogP contribution in [0.3, 0.4) is 0 Å². The average Bonchev–Trinajstić information content (AvgIpc) is 2.85. The van der Waals surface area contributed by atoms with Gasteiger partial charge in [-0.1, -0.05) is 0 Å². The third-order valence-corrected chi connectivity index (χ3v) is 3.07. The van der Waals surface area contributed by atoms with E-state index in [0.717, 1.165) is 16.9 Å². The Hall–Kier alpha value is -2.76. The lowest BCUT2D eigenvalue weighted by Crippen LogP contribution is -2.23. The summed E-state index contributed by atoms with van der Waals surface area (Å²) >= 11 is 0. The summed E-state index contributed by atoms with van der Waals surface area (Å²) in [5, 5.41) is 5.52. The molecule has 0 radical (unpaired) electrons. The minimum atomic E-state index is -0.189. The summed E-state index contributed by atoms with van der Waals surface area (Å²) in [4.78, 5) is 31.2. The molecule has 3 rings (SSSR count). The fraction of sp³-hybridized carbons (Fsp3) is 0.143. The second kappa shape index (κ2) is 5.08. The van der Waals surface area contributed by atoms with Crippen LogP contribution in [0.4, 0.5) is 5.69 Å². The molecule has 1 aromatic heterocycles. The molecule has 6 heteroatoms. The van der Waals surface area contributed by atoms with Gasteiger partial charge in [0.2, 0.25) is 5.91 Å². The molecule has 2 heterocycles. The van der Waals surface area contributed by atoms with E-state index in [1.54, 1.807) is 30.5 Å². The van der Waals surface area contributed by atoms with Crippen molar-refractivity contribution in [2.24, 2.45) is 0 Å². The molecule has 0 aliphatic carbocycles. The van der Waals surface area contributed by atoms with Gasteiger partial charge >= 0.3 is 0 Å². The van der Waals surface area contributed by atoms with Gasteiger partial charge in [-0.05, 0) is 29.8 Å². The van der Waals surface area contributed by atoms with E-state index in [9.17, 15) is 9.59 Å². The van der Waals surface area contributed by atoms with Crippen LogP contribution in [-0.4, -0.2) is 21.8 Å². The number of anilines is 1. The molecule has 2 aromatic rings. The van der Waals surface area contributed by atoms with Gasteiger partial charge in [-0.15, -0.1) is 0 Å². The third-order valence-electron chi connectivity index (χ3n) is 3.07. The maximum atomic E-state index is 12.0. The number of rotatable bonds is 3. The summed E-state index contributed by atoms with van der Waals surface area (Å²) in [7, 11) is 0. The molecular formula is C14H12N4O2. The Balaban J connectivity index is 1.69. The average molecular weight is 268 g/mol. The summed E-state index contributed by atoms with van der Waals surface area (Å²) in [5.74, 6) is -0.232. The molecule has 0 unspecified atom stereocenters. The van der Waals surface area contributed by atoms with Crippen LogP contribution < -0.4 is 10.6 Å². The summed E-state index contributed by atoms with van der Waals surface area (Å²) in [6.07, 6.45) is 3.39. The Morgan fingerprint density at radius 3 is 3.05 bits per heavy atom. The van der Waals surface area contributed by atoms with Crippen LogP contribution in [-0.2, 0) is 17.8 Å². The first-order chi connectivity index (χ1) is 9.72. The fourth-order valence-electron chi connectivity index (χ4n) is 2.07. The molecule has 20 heavy (non-hydrogen) atoms. The molecule has 2 amide bonds. The van der Waals surface area contributed by atoms with Crippen molar-refractivity contribution in [1.29, 1.82) is 0 Å². The Morgan fingerprint density at radius 1 is 1.35 bits per heavy atom. The van der Waals surface area contributed by atoms with Crippen LogP contribution in [0.2, 0.25) is 0 Å². The van der Waals surface area contributed by atoms with E-state index in [1.165, 1.54) is 6.33 Å². The lowest BCUT2D eigenvalue weighted by Gasteiger charge is -2.06. The normalized spacial score (nSPS) is 12.7. The first kappa shape index (κ1) is 12.3. The van der Waals surface area contributed by atoms with Gasteiger partial charge in [0.1, 0.15) is 6.33 Å². The topological polar surface area (TPSA) is 84.0 Å². The zero-order chi connectivity index (χ0) is 13.9. The number of hydrogen-bond donors (Lipinski definition) is 2. The van der Waals surface area contributed by atoms with E-state index in [1.807, 2.05) is 0 Å². The lowest BCUT2D eigenvalue weighted by atomic mass is 10.1. The van der Waals surface area contributed by atoms with E-state index in [4.69, 9.17) is 0 Å². The minimum absolute atomic E-state index is 0.0430. The highest BCUT2D eigenvalue weighted by Gasteiger charge is 2.18. The molecular weight excluding hydrogens is 256 g/mol. The van der Waals surface area contributed by atoms with Gasteiger partial charge in [0.15, 0.2) is 0 Å². The largest absolute Gasteiger partial charge is 0.346 e. The minimum Gasteiger partial charge on any atom is -0.346 e. The van der Waals surface area contributed by atoms with Gasteiger partial charge in [0, 0.05) is 17.4 Å². The van der Waals surface area contributed by atoms with E-state index < -0.39 is 0 Å². The van der Waals surface area contributed by atoms with Crippen molar-refractivity contribution in [3.05, 3.63) is 53.6 Å². The highest BCUT2D eigenvalue weighted by atomic mass is 16.2. The fourth-order valence-corrected chi connectivity index (χ4v) is 2.07. The summed E-state index contributed by atoms with van der Waals surface area (Å²) in [6.45, 7) is 0.343. The molecule has 0 saturated carbocycles. The van der Waals surface area contributed by atoms with Crippen LogP contribution in [0.5, 0.6) is 0 Å². The molecule has 2 N–H and O–H groups in total. The summed E-state index contributed by atoms with van der Waals surface area (Å²) < 4.78 is 0. The molecule has 0 atom stereocenters. The van der Waals surface area contributed by atoms with Crippen LogP contribution in [0.25, 0.3) is 0 Å². The quantitative estimate of drug-likeness (QED) is 0.866. The number of benzene rings is 1. The smallest absolute Gasteiger partial charge is 0.251 e.